The molecule has 1 aromatic rings. The van der Waals surface area contributed by atoms with Crippen molar-refractivity contribution in [3.05, 3.63) is 16.5 Å². The third-order valence-electron chi connectivity index (χ3n) is 1.37. The number of carboxylic acid groups (broad SMARTS) is 1. The predicted molar refractivity (Wildman–Crippen MR) is 58.9 cm³/mol. The summed E-state index contributed by atoms with van der Waals surface area (Å²) in [5, 5.41) is 8.81. The highest BCUT2D eigenvalue weighted by Gasteiger charge is 2.16. The lowest BCUT2D eigenvalue weighted by Crippen LogP contribution is -2.12. The Morgan fingerprint density at radius 2 is 2.38 bits per heavy atom. The summed E-state index contributed by atoms with van der Waals surface area (Å²) in [6.45, 7) is 0. The van der Waals surface area contributed by atoms with Crippen LogP contribution in [0.2, 0.25) is 0 Å². The minimum absolute atomic E-state index is 0.133. The van der Waals surface area contributed by atoms with E-state index < -0.39 is 5.97 Å². The van der Waals surface area contributed by atoms with Gasteiger partial charge in [0.15, 0.2) is 0 Å². The molecular formula is C7H7NO2S3. The second kappa shape index (κ2) is 4.08. The number of thioether (sulfide) groups is 1. The van der Waals surface area contributed by atoms with Gasteiger partial charge >= 0.3 is 5.97 Å². The van der Waals surface area contributed by atoms with Crippen LogP contribution in [0.15, 0.2) is 10.3 Å². The van der Waals surface area contributed by atoms with E-state index in [1.165, 1.54) is 23.1 Å². The molecule has 0 fully saturated rings. The second-order valence-electron chi connectivity index (χ2n) is 2.18. The van der Waals surface area contributed by atoms with E-state index >= 15 is 0 Å². The minimum Gasteiger partial charge on any atom is -0.477 e. The second-order valence-corrected chi connectivity index (χ2v) is 4.78. The van der Waals surface area contributed by atoms with Crippen molar-refractivity contribution in [2.24, 2.45) is 5.73 Å². The number of hydrogen-bond donors (Lipinski definition) is 2. The lowest BCUT2D eigenvalue weighted by Gasteiger charge is -1.93. The van der Waals surface area contributed by atoms with Crippen molar-refractivity contribution in [1.82, 2.24) is 0 Å². The van der Waals surface area contributed by atoms with E-state index in [1.54, 1.807) is 6.07 Å². The molecule has 0 radical (unpaired) electrons. The largest absolute Gasteiger partial charge is 0.477 e. The van der Waals surface area contributed by atoms with E-state index in [9.17, 15) is 4.79 Å². The Morgan fingerprint density at radius 1 is 1.77 bits per heavy atom. The summed E-state index contributed by atoms with van der Waals surface area (Å²) < 4.78 is 0.903. The predicted octanol–water partition coefficient (Wildman–Crippen LogP) is 1.80. The Kier molecular flexibility index (Phi) is 3.29. The maximum atomic E-state index is 10.7. The molecule has 0 unspecified atom stereocenters. The lowest BCUT2D eigenvalue weighted by atomic mass is 10.2. The van der Waals surface area contributed by atoms with Gasteiger partial charge in [0, 0.05) is 5.56 Å². The Bertz CT molecular complexity index is 327. The van der Waals surface area contributed by atoms with Crippen LogP contribution in [-0.4, -0.2) is 22.3 Å². The molecule has 0 aliphatic rings. The topological polar surface area (TPSA) is 63.3 Å². The van der Waals surface area contributed by atoms with Crippen LogP contribution < -0.4 is 5.73 Å². The molecule has 13 heavy (non-hydrogen) atoms. The molecule has 0 saturated carbocycles. The summed E-state index contributed by atoms with van der Waals surface area (Å²) in [6, 6.07) is 1.71. The molecule has 1 rings (SSSR count). The van der Waals surface area contributed by atoms with Gasteiger partial charge in [-0.3, -0.25) is 0 Å². The van der Waals surface area contributed by atoms with Crippen molar-refractivity contribution in [3.8, 4) is 0 Å². The Labute approximate surface area is 88.9 Å². The van der Waals surface area contributed by atoms with E-state index in [-0.39, 0.29) is 9.87 Å². The fourth-order valence-electron chi connectivity index (χ4n) is 0.811. The van der Waals surface area contributed by atoms with Crippen LogP contribution in [0.3, 0.4) is 0 Å². The number of nitrogens with two attached hydrogens (primary N) is 1. The number of carbonyl (C=O) groups is 1. The normalized spacial score (nSPS) is 9.92. The number of hydrogen-bond acceptors (Lipinski definition) is 4. The standard InChI is InChI=1S/C7H7NO2S3/c1-12-4-2-3(6(8)11)5(13-4)7(9)10/h2H,1H3,(H2,8,11)(H,9,10). The van der Waals surface area contributed by atoms with Crippen LogP contribution >= 0.6 is 35.3 Å². The van der Waals surface area contributed by atoms with E-state index in [1.807, 2.05) is 6.26 Å². The van der Waals surface area contributed by atoms with E-state index in [2.05, 4.69) is 0 Å². The number of aromatic carboxylic acids is 1. The molecule has 0 amide bonds. The SMILES string of the molecule is CSc1cc(C(N)=S)c(C(=O)O)s1. The molecule has 0 aliphatic heterocycles. The molecular weight excluding hydrogens is 226 g/mol. The Morgan fingerprint density at radius 3 is 2.69 bits per heavy atom. The van der Waals surface area contributed by atoms with Gasteiger partial charge in [-0.25, -0.2) is 4.79 Å². The van der Waals surface area contributed by atoms with Crippen molar-refractivity contribution in [3.63, 3.8) is 0 Å². The molecule has 0 saturated heterocycles. The first-order valence-corrected chi connectivity index (χ1v) is 5.72. The maximum Gasteiger partial charge on any atom is 0.346 e. The van der Waals surface area contributed by atoms with Crippen LogP contribution in [0.1, 0.15) is 15.2 Å². The van der Waals surface area contributed by atoms with Crippen LogP contribution in [0.25, 0.3) is 0 Å². The quantitative estimate of drug-likeness (QED) is 0.615. The lowest BCUT2D eigenvalue weighted by molar-refractivity contribution is 0.0702. The summed E-state index contributed by atoms with van der Waals surface area (Å²) in [5.74, 6) is -0.979. The van der Waals surface area contributed by atoms with Gasteiger partial charge in [0.1, 0.15) is 9.87 Å². The summed E-state index contributed by atoms with van der Waals surface area (Å²) in [4.78, 5) is 11.1. The van der Waals surface area contributed by atoms with Gasteiger partial charge < -0.3 is 10.8 Å². The average molecular weight is 233 g/mol. The molecule has 70 valence electrons. The van der Waals surface area contributed by atoms with Gasteiger partial charge in [-0.15, -0.1) is 23.1 Å². The molecule has 3 N–H and O–H groups in total. The minimum atomic E-state index is -0.979. The van der Waals surface area contributed by atoms with Crippen molar-refractivity contribution in [2.75, 3.05) is 6.26 Å². The monoisotopic (exact) mass is 233 g/mol. The third-order valence-corrected chi connectivity index (χ3v) is 3.78. The summed E-state index contributed by atoms with van der Waals surface area (Å²) >= 11 is 7.41. The highest BCUT2D eigenvalue weighted by atomic mass is 32.2. The molecule has 0 aromatic carbocycles. The number of thiophene rings is 1. The smallest absolute Gasteiger partial charge is 0.346 e. The Hall–Kier alpha value is -0.590. The first-order valence-electron chi connectivity index (χ1n) is 3.27. The first kappa shape index (κ1) is 10.5. The number of rotatable bonds is 3. The third kappa shape index (κ3) is 2.20. The van der Waals surface area contributed by atoms with Crippen molar-refractivity contribution in [1.29, 1.82) is 0 Å². The van der Waals surface area contributed by atoms with Crippen molar-refractivity contribution >= 4 is 46.3 Å². The van der Waals surface area contributed by atoms with Crippen molar-refractivity contribution in [2.45, 2.75) is 4.21 Å². The molecule has 1 aromatic heterocycles. The maximum absolute atomic E-state index is 10.7. The fourth-order valence-corrected chi connectivity index (χ4v) is 2.60. The molecule has 6 heteroatoms. The van der Waals surface area contributed by atoms with Crippen LogP contribution in [0, 0.1) is 0 Å². The van der Waals surface area contributed by atoms with Gasteiger partial charge in [0.25, 0.3) is 0 Å². The van der Waals surface area contributed by atoms with Gasteiger partial charge in [0.05, 0.1) is 4.21 Å². The number of carboxylic acids is 1. The van der Waals surface area contributed by atoms with Crippen molar-refractivity contribution < 1.29 is 9.90 Å². The van der Waals surface area contributed by atoms with E-state index in [4.69, 9.17) is 23.1 Å². The molecule has 0 atom stereocenters. The molecule has 0 bridgehead atoms. The van der Waals surface area contributed by atoms with Gasteiger partial charge in [0.2, 0.25) is 0 Å². The number of thiocarbonyl (C=S) groups is 1. The molecule has 0 aliphatic carbocycles. The zero-order valence-corrected chi connectivity index (χ0v) is 9.18. The zero-order valence-electron chi connectivity index (χ0n) is 6.73. The highest BCUT2D eigenvalue weighted by molar-refractivity contribution is 8.00. The molecule has 1 heterocycles. The average Bonchev–Trinajstić information content (AvgIpc) is 2.47. The molecule has 0 spiro atoms. The zero-order chi connectivity index (χ0) is 10.0. The summed E-state index contributed by atoms with van der Waals surface area (Å²) in [6.07, 6.45) is 1.88. The summed E-state index contributed by atoms with van der Waals surface area (Å²) in [5.41, 5.74) is 5.84. The van der Waals surface area contributed by atoms with Crippen LogP contribution in [0.5, 0.6) is 0 Å². The van der Waals surface area contributed by atoms with Gasteiger partial charge in [-0.2, -0.15) is 0 Å². The Balaban J connectivity index is 3.23. The van der Waals surface area contributed by atoms with E-state index in [0.717, 1.165) is 4.21 Å². The van der Waals surface area contributed by atoms with Crippen LogP contribution in [-0.2, 0) is 0 Å². The fraction of sp³-hybridized carbons (Fsp3) is 0.143. The van der Waals surface area contributed by atoms with E-state index in [0.29, 0.717) is 5.56 Å². The van der Waals surface area contributed by atoms with Gasteiger partial charge in [-0.1, -0.05) is 12.2 Å². The van der Waals surface area contributed by atoms with Gasteiger partial charge in [-0.05, 0) is 12.3 Å². The summed E-state index contributed by atoms with van der Waals surface area (Å²) in [7, 11) is 0. The first-order chi connectivity index (χ1) is 6.06. The molecule has 3 nitrogen and oxygen atoms in total. The van der Waals surface area contributed by atoms with Crippen LogP contribution in [0.4, 0.5) is 0 Å². The highest BCUT2D eigenvalue weighted by Crippen LogP contribution is 2.29.